The van der Waals surface area contributed by atoms with E-state index in [2.05, 4.69) is 23.0 Å². The molecule has 3 aromatic rings. The van der Waals surface area contributed by atoms with Gasteiger partial charge < -0.3 is 9.67 Å². The fourth-order valence-electron chi connectivity index (χ4n) is 3.98. The summed E-state index contributed by atoms with van der Waals surface area (Å²) in [5.41, 5.74) is 1.67. The van der Waals surface area contributed by atoms with Crippen LogP contribution in [-0.2, 0) is 6.54 Å². The Morgan fingerprint density at radius 2 is 1.81 bits per heavy atom. The minimum absolute atomic E-state index is 0.0148. The van der Waals surface area contributed by atoms with Gasteiger partial charge in [0.25, 0.3) is 0 Å². The monoisotopic (exact) mass is 357 g/mol. The first-order chi connectivity index (χ1) is 13.1. The van der Waals surface area contributed by atoms with Gasteiger partial charge in [-0.3, -0.25) is 4.79 Å². The summed E-state index contributed by atoms with van der Waals surface area (Å²) >= 11 is 0. The van der Waals surface area contributed by atoms with Crippen molar-refractivity contribution in [3.63, 3.8) is 0 Å². The minimum atomic E-state index is -0.889. The molecule has 1 aromatic heterocycles. The lowest BCUT2D eigenvalue weighted by atomic mass is 9.85. The van der Waals surface area contributed by atoms with Crippen molar-refractivity contribution in [1.82, 2.24) is 4.57 Å². The van der Waals surface area contributed by atoms with Crippen LogP contribution in [0.1, 0.15) is 37.7 Å². The van der Waals surface area contributed by atoms with Crippen LogP contribution in [0.4, 0.5) is 0 Å². The first-order valence-electron chi connectivity index (χ1n) is 9.53. The van der Waals surface area contributed by atoms with E-state index in [1.807, 2.05) is 48.5 Å². The number of hydrogen-bond donors (Lipinski definition) is 1. The van der Waals surface area contributed by atoms with E-state index >= 15 is 0 Å². The van der Waals surface area contributed by atoms with Crippen molar-refractivity contribution < 1.29 is 5.11 Å². The summed E-state index contributed by atoms with van der Waals surface area (Å²) in [7, 11) is 0. The Labute approximate surface area is 158 Å². The maximum absolute atomic E-state index is 13.0. The van der Waals surface area contributed by atoms with E-state index in [-0.39, 0.29) is 5.43 Å². The van der Waals surface area contributed by atoms with E-state index < -0.39 is 5.60 Å². The lowest BCUT2D eigenvalue weighted by Gasteiger charge is -2.26. The molecule has 0 bridgehead atoms. The van der Waals surface area contributed by atoms with Crippen LogP contribution in [0.5, 0.6) is 0 Å². The second-order valence-electron chi connectivity index (χ2n) is 7.32. The highest BCUT2D eigenvalue weighted by molar-refractivity contribution is 5.94. The molecule has 0 spiro atoms. The third-order valence-electron chi connectivity index (χ3n) is 5.40. The van der Waals surface area contributed by atoms with Crippen LogP contribution in [0.15, 0.2) is 59.9 Å². The molecule has 3 nitrogen and oxygen atoms in total. The van der Waals surface area contributed by atoms with Gasteiger partial charge in [0.2, 0.25) is 0 Å². The average Bonchev–Trinajstić information content (AvgIpc) is 2.70. The smallest absolute Gasteiger partial charge is 0.197 e. The van der Waals surface area contributed by atoms with Gasteiger partial charge in [0, 0.05) is 22.9 Å². The number of fused-ring (bicyclic) bond motifs is 2. The quantitative estimate of drug-likeness (QED) is 0.420. The third kappa shape index (κ3) is 3.29. The number of allylic oxidation sites excluding steroid dienone is 1. The molecule has 1 saturated carbocycles. The van der Waals surface area contributed by atoms with Crippen molar-refractivity contribution in [2.24, 2.45) is 0 Å². The fraction of sp³-hybridized carbons (Fsp3) is 0.292. The maximum atomic E-state index is 13.0. The molecular formula is C24H23NO2. The lowest BCUT2D eigenvalue weighted by Crippen LogP contribution is -2.29. The van der Waals surface area contributed by atoms with Gasteiger partial charge in [-0.25, -0.2) is 0 Å². The molecule has 1 aliphatic rings. The van der Waals surface area contributed by atoms with Gasteiger partial charge in [-0.1, -0.05) is 36.5 Å². The molecule has 27 heavy (non-hydrogen) atoms. The topological polar surface area (TPSA) is 42.2 Å². The van der Waals surface area contributed by atoms with Crippen molar-refractivity contribution in [2.45, 2.75) is 44.2 Å². The number of hydrogen-bond acceptors (Lipinski definition) is 2. The van der Waals surface area contributed by atoms with Crippen LogP contribution in [0, 0.1) is 11.8 Å². The standard InChI is InChI=1S/C24H23NO2/c1-2-16-25-21-9-5-4-8-19(21)23(26)20-17-18(10-11-22(20)25)12-15-24(27)13-6-3-7-14-24/h2,4-5,8-11,17,27H,1,3,6-7,13-14,16H2. The number of nitrogens with zero attached hydrogens (tertiary/aromatic N) is 1. The number of benzene rings is 2. The third-order valence-corrected chi connectivity index (χ3v) is 5.40. The molecular weight excluding hydrogens is 334 g/mol. The van der Waals surface area contributed by atoms with E-state index in [0.29, 0.717) is 17.3 Å². The van der Waals surface area contributed by atoms with Crippen molar-refractivity contribution in [1.29, 1.82) is 0 Å². The highest BCUT2D eigenvalue weighted by atomic mass is 16.3. The van der Waals surface area contributed by atoms with E-state index in [1.54, 1.807) is 0 Å². The van der Waals surface area contributed by atoms with E-state index in [0.717, 1.165) is 48.7 Å². The van der Waals surface area contributed by atoms with Gasteiger partial charge in [-0.2, -0.15) is 0 Å². The van der Waals surface area contributed by atoms with Crippen molar-refractivity contribution in [3.05, 3.63) is 70.9 Å². The number of pyridine rings is 1. The van der Waals surface area contributed by atoms with Crippen LogP contribution in [0.2, 0.25) is 0 Å². The maximum Gasteiger partial charge on any atom is 0.197 e. The van der Waals surface area contributed by atoms with Crippen LogP contribution in [0.3, 0.4) is 0 Å². The molecule has 0 unspecified atom stereocenters. The van der Waals surface area contributed by atoms with E-state index in [1.165, 1.54) is 0 Å². The Kier molecular flexibility index (Phi) is 4.59. The molecule has 0 amide bonds. The predicted octanol–water partition coefficient (Wildman–Crippen LogP) is 4.39. The molecule has 1 aliphatic carbocycles. The molecule has 2 aromatic carbocycles. The molecule has 0 saturated heterocycles. The number of rotatable bonds is 2. The number of aromatic nitrogens is 1. The summed E-state index contributed by atoms with van der Waals surface area (Å²) in [5.74, 6) is 6.16. The van der Waals surface area contributed by atoms with Crippen LogP contribution < -0.4 is 5.43 Å². The Bertz CT molecular complexity index is 1140. The first-order valence-corrected chi connectivity index (χ1v) is 9.53. The van der Waals surface area contributed by atoms with Gasteiger partial charge in [-0.05, 0) is 56.0 Å². The molecule has 0 aliphatic heterocycles. The number of para-hydroxylation sites is 1. The van der Waals surface area contributed by atoms with Crippen molar-refractivity contribution >= 4 is 21.8 Å². The van der Waals surface area contributed by atoms with E-state index in [9.17, 15) is 9.90 Å². The predicted molar refractivity (Wildman–Crippen MR) is 111 cm³/mol. The van der Waals surface area contributed by atoms with Gasteiger partial charge in [0.1, 0.15) is 5.60 Å². The molecule has 1 N–H and O–H groups in total. The summed E-state index contributed by atoms with van der Waals surface area (Å²) in [6.07, 6.45) is 6.48. The van der Waals surface area contributed by atoms with Gasteiger partial charge in [-0.15, -0.1) is 6.58 Å². The molecule has 136 valence electrons. The molecule has 4 rings (SSSR count). The summed E-state index contributed by atoms with van der Waals surface area (Å²) in [4.78, 5) is 13.0. The second-order valence-corrected chi connectivity index (χ2v) is 7.32. The first kappa shape index (κ1) is 17.6. The normalized spacial score (nSPS) is 16.0. The highest BCUT2D eigenvalue weighted by Crippen LogP contribution is 2.27. The van der Waals surface area contributed by atoms with Crippen LogP contribution >= 0.6 is 0 Å². The Hall–Kier alpha value is -2.83. The van der Waals surface area contributed by atoms with Crippen molar-refractivity contribution in [2.75, 3.05) is 0 Å². The van der Waals surface area contributed by atoms with Gasteiger partial charge in [0.05, 0.1) is 11.0 Å². The zero-order valence-corrected chi connectivity index (χ0v) is 15.4. The Balaban J connectivity index is 1.88. The highest BCUT2D eigenvalue weighted by Gasteiger charge is 2.26. The Morgan fingerprint density at radius 1 is 1.07 bits per heavy atom. The summed E-state index contributed by atoms with van der Waals surface area (Å²) < 4.78 is 2.10. The summed E-state index contributed by atoms with van der Waals surface area (Å²) in [6.45, 7) is 4.48. The zero-order valence-electron chi connectivity index (χ0n) is 15.4. The molecule has 0 radical (unpaired) electrons. The summed E-state index contributed by atoms with van der Waals surface area (Å²) in [6, 6.07) is 13.4. The van der Waals surface area contributed by atoms with Crippen LogP contribution in [0.25, 0.3) is 21.8 Å². The number of aliphatic hydroxyl groups is 1. The molecule has 0 atom stereocenters. The summed E-state index contributed by atoms with van der Waals surface area (Å²) in [5, 5.41) is 12.0. The van der Waals surface area contributed by atoms with E-state index in [4.69, 9.17) is 0 Å². The molecule has 1 fully saturated rings. The van der Waals surface area contributed by atoms with Gasteiger partial charge >= 0.3 is 0 Å². The minimum Gasteiger partial charge on any atom is -0.378 e. The van der Waals surface area contributed by atoms with Crippen LogP contribution in [-0.4, -0.2) is 15.3 Å². The second kappa shape index (κ2) is 7.06. The zero-order chi connectivity index (χ0) is 18.9. The molecule has 1 heterocycles. The Morgan fingerprint density at radius 3 is 2.59 bits per heavy atom. The van der Waals surface area contributed by atoms with Gasteiger partial charge in [0.15, 0.2) is 5.43 Å². The molecule has 3 heteroatoms. The largest absolute Gasteiger partial charge is 0.378 e. The van der Waals surface area contributed by atoms with Crippen molar-refractivity contribution in [3.8, 4) is 11.8 Å². The average molecular weight is 357 g/mol. The SMILES string of the molecule is C=CCn1c2ccccc2c(=O)c2cc(C#CC3(O)CCCCC3)ccc21. The fourth-order valence-corrected chi connectivity index (χ4v) is 3.98. The lowest BCUT2D eigenvalue weighted by molar-refractivity contribution is 0.0610.